The van der Waals surface area contributed by atoms with Gasteiger partial charge in [0.15, 0.2) is 11.6 Å². The van der Waals surface area contributed by atoms with E-state index in [2.05, 4.69) is 60.0 Å². The van der Waals surface area contributed by atoms with Gasteiger partial charge in [-0.1, -0.05) is 27.7 Å². The smallest absolute Gasteiger partial charge is 0.337 e. The van der Waals surface area contributed by atoms with E-state index in [1.165, 1.54) is 32.0 Å². The molecule has 0 aliphatic rings. The first-order valence-electron chi connectivity index (χ1n) is 12.6. The number of hydrogen-bond donors (Lipinski definition) is 1. The monoisotopic (exact) mass is 508 g/mol. The van der Waals surface area contributed by atoms with Crippen LogP contribution in [0, 0.1) is 17.7 Å². The summed E-state index contributed by atoms with van der Waals surface area (Å²) in [5.41, 5.74) is 3.56. The van der Waals surface area contributed by atoms with E-state index in [1.807, 2.05) is 12.1 Å². The van der Waals surface area contributed by atoms with Crippen LogP contribution in [0.1, 0.15) is 49.2 Å². The highest BCUT2D eigenvalue weighted by Gasteiger charge is 2.16. The maximum Gasteiger partial charge on any atom is 0.337 e. The van der Waals surface area contributed by atoms with Crippen LogP contribution in [0.5, 0.6) is 5.75 Å². The Balaban J connectivity index is 1.64. The number of carbonyl (C=O) groups is 1. The lowest BCUT2D eigenvalue weighted by Gasteiger charge is -2.28. The molecule has 1 heterocycles. The van der Waals surface area contributed by atoms with Crippen LogP contribution >= 0.6 is 0 Å². The Hall–Kier alpha value is -3.68. The molecule has 1 N–H and O–H groups in total. The number of benzene rings is 2. The summed E-state index contributed by atoms with van der Waals surface area (Å²) in [6.45, 7) is 11.0. The highest BCUT2D eigenvalue weighted by Crippen LogP contribution is 2.25. The Kier molecular flexibility index (Phi) is 9.83. The summed E-state index contributed by atoms with van der Waals surface area (Å²) in [5, 5.41) is 3.23. The van der Waals surface area contributed by atoms with Crippen molar-refractivity contribution in [1.29, 1.82) is 0 Å². The molecule has 0 saturated carbocycles. The van der Waals surface area contributed by atoms with Crippen LogP contribution < -0.4 is 15.0 Å². The van der Waals surface area contributed by atoms with E-state index in [1.54, 1.807) is 12.4 Å². The summed E-state index contributed by atoms with van der Waals surface area (Å²) in [7, 11) is 2.65. The minimum atomic E-state index is -0.543. The summed E-state index contributed by atoms with van der Waals surface area (Å²) >= 11 is 0. The van der Waals surface area contributed by atoms with Crippen molar-refractivity contribution in [3.8, 4) is 5.75 Å². The lowest BCUT2D eigenvalue weighted by molar-refractivity contribution is 0.0600. The fourth-order valence-electron chi connectivity index (χ4n) is 4.10. The van der Waals surface area contributed by atoms with E-state index in [4.69, 9.17) is 9.47 Å². The first kappa shape index (κ1) is 27.9. The number of aromatic nitrogens is 2. The summed E-state index contributed by atoms with van der Waals surface area (Å²) in [5.74, 6) is 0.629. The van der Waals surface area contributed by atoms with Gasteiger partial charge in [0.1, 0.15) is 0 Å². The Bertz CT molecular complexity index is 1160. The molecule has 1 aromatic heterocycles. The fourth-order valence-corrected chi connectivity index (χ4v) is 4.10. The molecule has 198 valence electrons. The highest BCUT2D eigenvalue weighted by molar-refractivity contribution is 5.90. The zero-order valence-corrected chi connectivity index (χ0v) is 22.5. The summed E-state index contributed by atoms with van der Waals surface area (Å²) in [6, 6.07) is 11.1. The average Bonchev–Trinajstić information content (AvgIpc) is 2.88. The van der Waals surface area contributed by atoms with Crippen molar-refractivity contribution in [2.45, 2.75) is 40.5 Å². The molecule has 2 aromatic carbocycles. The molecule has 0 atom stereocenters. The second-order valence-electron chi connectivity index (χ2n) is 9.92. The molecular weight excluding hydrogens is 471 g/mol. The molecule has 0 fully saturated rings. The minimum Gasteiger partial charge on any atom is -0.494 e. The van der Waals surface area contributed by atoms with Crippen LogP contribution in [0.3, 0.4) is 0 Å². The molecule has 0 amide bonds. The quantitative estimate of drug-likeness (QED) is 0.298. The van der Waals surface area contributed by atoms with Gasteiger partial charge in [0.05, 0.1) is 19.8 Å². The first-order chi connectivity index (χ1) is 17.7. The number of anilines is 3. The van der Waals surface area contributed by atoms with Gasteiger partial charge in [-0.3, -0.25) is 0 Å². The SMILES string of the molecule is COC(=O)c1cc(CCc2cnc(Nc3ccc(N(CC(C)C)CC(C)C)cc3)nc2)c(F)c(OC)c1. The third-order valence-corrected chi connectivity index (χ3v) is 5.80. The van der Waals surface area contributed by atoms with E-state index in [0.29, 0.717) is 36.2 Å². The molecule has 7 nitrogen and oxygen atoms in total. The first-order valence-corrected chi connectivity index (χ1v) is 12.6. The van der Waals surface area contributed by atoms with E-state index >= 15 is 0 Å². The van der Waals surface area contributed by atoms with Crippen molar-refractivity contribution in [1.82, 2.24) is 9.97 Å². The Morgan fingerprint density at radius 2 is 1.59 bits per heavy atom. The lowest BCUT2D eigenvalue weighted by Crippen LogP contribution is -2.31. The molecule has 0 aliphatic carbocycles. The normalized spacial score (nSPS) is 11.1. The van der Waals surface area contributed by atoms with Crippen LogP contribution in [0.15, 0.2) is 48.8 Å². The number of halogens is 1. The molecule has 0 spiro atoms. The number of aryl methyl sites for hydroxylation is 2. The van der Waals surface area contributed by atoms with E-state index in [0.717, 1.165) is 24.3 Å². The van der Waals surface area contributed by atoms with Crippen LogP contribution in [0.25, 0.3) is 0 Å². The summed E-state index contributed by atoms with van der Waals surface area (Å²) < 4.78 is 24.5. The predicted octanol–water partition coefficient (Wildman–Crippen LogP) is 6.06. The number of nitrogens with one attached hydrogen (secondary N) is 1. The third-order valence-electron chi connectivity index (χ3n) is 5.80. The van der Waals surface area contributed by atoms with Crippen LogP contribution in [-0.4, -0.2) is 43.2 Å². The summed E-state index contributed by atoms with van der Waals surface area (Å²) in [6.07, 6.45) is 4.29. The third kappa shape index (κ3) is 7.90. The number of esters is 1. The van der Waals surface area contributed by atoms with Gasteiger partial charge in [-0.15, -0.1) is 0 Å². The number of hydrogen-bond acceptors (Lipinski definition) is 7. The number of nitrogens with zero attached hydrogens (tertiary/aromatic N) is 3. The van der Waals surface area contributed by atoms with Crippen molar-refractivity contribution in [2.75, 3.05) is 37.5 Å². The van der Waals surface area contributed by atoms with Crippen LogP contribution in [0.4, 0.5) is 21.7 Å². The Morgan fingerprint density at radius 3 is 2.14 bits per heavy atom. The van der Waals surface area contributed by atoms with Gasteiger partial charge in [-0.2, -0.15) is 0 Å². The fraction of sp³-hybridized carbons (Fsp3) is 0.414. The van der Waals surface area contributed by atoms with E-state index in [-0.39, 0.29) is 11.3 Å². The van der Waals surface area contributed by atoms with Crippen molar-refractivity contribution in [2.24, 2.45) is 11.8 Å². The van der Waals surface area contributed by atoms with Crippen LogP contribution in [0.2, 0.25) is 0 Å². The van der Waals surface area contributed by atoms with Gasteiger partial charge in [-0.25, -0.2) is 19.2 Å². The van der Waals surface area contributed by atoms with Crippen molar-refractivity contribution in [3.63, 3.8) is 0 Å². The van der Waals surface area contributed by atoms with Gasteiger partial charge in [0.2, 0.25) is 5.95 Å². The zero-order chi connectivity index (χ0) is 26.9. The summed E-state index contributed by atoms with van der Waals surface area (Å²) in [4.78, 5) is 23.2. The molecule has 8 heteroatoms. The largest absolute Gasteiger partial charge is 0.494 e. The van der Waals surface area contributed by atoms with E-state index < -0.39 is 11.8 Å². The topological polar surface area (TPSA) is 76.6 Å². The number of rotatable bonds is 12. The van der Waals surface area contributed by atoms with Crippen molar-refractivity contribution >= 4 is 23.3 Å². The highest BCUT2D eigenvalue weighted by atomic mass is 19.1. The molecular formula is C29H37FN4O3. The van der Waals surface area contributed by atoms with Crippen molar-refractivity contribution < 1.29 is 18.7 Å². The second kappa shape index (κ2) is 13.0. The lowest BCUT2D eigenvalue weighted by atomic mass is 10.0. The molecule has 0 bridgehead atoms. The number of carbonyl (C=O) groups excluding carboxylic acids is 1. The van der Waals surface area contributed by atoms with Gasteiger partial charge in [-0.05, 0) is 72.2 Å². The molecule has 0 aliphatic heterocycles. The average molecular weight is 509 g/mol. The standard InChI is InChI=1S/C29H37FN4O3/c1-19(2)17-34(18-20(3)4)25-11-9-24(10-12-25)33-29-31-15-21(16-32-29)7-8-22-13-23(28(35)37-6)14-26(36-5)27(22)30/h9-16,19-20H,7-8,17-18H2,1-6H3,(H,31,32,33). The van der Waals surface area contributed by atoms with Gasteiger partial charge in [0.25, 0.3) is 0 Å². The maximum absolute atomic E-state index is 14.7. The minimum absolute atomic E-state index is 0.0104. The molecule has 3 aromatic rings. The van der Waals surface area contributed by atoms with Gasteiger partial charge < -0.3 is 19.7 Å². The Morgan fingerprint density at radius 1 is 0.973 bits per heavy atom. The van der Waals surface area contributed by atoms with Crippen molar-refractivity contribution in [3.05, 3.63) is 71.3 Å². The zero-order valence-electron chi connectivity index (χ0n) is 22.5. The Labute approximate surface area is 219 Å². The number of ether oxygens (including phenoxy) is 2. The molecule has 3 rings (SSSR count). The molecule has 0 radical (unpaired) electrons. The number of methoxy groups -OCH3 is 2. The molecule has 0 unspecified atom stereocenters. The maximum atomic E-state index is 14.7. The second-order valence-corrected chi connectivity index (χ2v) is 9.92. The van der Waals surface area contributed by atoms with Crippen LogP contribution in [-0.2, 0) is 17.6 Å². The predicted molar refractivity (Wildman–Crippen MR) is 145 cm³/mol. The van der Waals surface area contributed by atoms with Gasteiger partial charge in [0, 0.05) is 36.9 Å². The molecule has 0 saturated heterocycles. The van der Waals surface area contributed by atoms with Gasteiger partial charge >= 0.3 is 5.97 Å². The van der Waals surface area contributed by atoms with E-state index in [9.17, 15) is 9.18 Å². The molecule has 37 heavy (non-hydrogen) atoms.